The van der Waals surface area contributed by atoms with Crippen molar-refractivity contribution in [3.8, 4) is 0 Å². The zero-order chi connectivity index (χ0) is 33.7. The zero-order valence-electron chi connectivity index (χ0n) is 32.3. The summed E-state index contributed by atoms with van der Waals surface area (Å²) >= 11 is 0. The molecule has 1 aliphatic rings. The standard InChI is InChI=1S/C15H24.C14H28.C14H22.CH4/c1-14(2,3)11-12-9-7-8-10-13(12)15(4,5)6;2*1-13(2,3)11-9-7-8-10-12(11)14(4,5)6;/h7-10H,11H2,1-6H3;11-12H,7-10H2,1-6H3;7-10H,1-6H3;1H4/t;11-,12+;;. The summed E-state index contributed by atoms with van der Waals surface area (Å²) in [5.74, 6) is 1.85. The molecule has 1 aliphatic carbocycles. The molecule has 0 radical (unpaired) electrons. The summed E-state index contributed by atoms with van der Waals surface area (Å²) < 4.78 is 0. The molecule has 3 rings (SSSR count). The Kier molecular flexibility index (Phi) is 15.3. The number of benzene rings is 2. The number of hydrogen-bond donors (Lipinski definition) is 0. The van der Waals surface area contributed by atoms with Gasteiger partial charge in [-0.1, -0.05) is 193 Å². The van der Waals surface area contributed by atoms with Gasteiger partial charge in [0.05, 0.1) is 0 Å². The lowest BCUT2D eigenvalue weighted by Crippen LogP contribution is -2.38. The summed E-state index contributed by atoms with van der Waals surface area (Å²) in [5, 5.41) is 0. The van der Waals surface area contributed by atoms with Crippen LogP contribution in [0.3, 0.4) is 0 Å². The quantitative estimate of drug-likeness (QED) is 0.303. The molecule has 1 saturated carbocycles. The normalized spacial score (nSPS) is 18.2. The van der Waals surface area contributed by atoms with Gasteiger partial charge in [-0.25, -0.2) is 0 Å². The number of hydrogen-bond acceptors (Lipinski definition) is 0. The second-order valence-corrected chi connectivity index (χ2v) is 19.9. The average molecular weight is 607 g/mol. The average Bonchev–Trinajstić information content (AvgIpc) is 2.81. The van der Waals surface area contributed by atoms with Crippen LogP contribution in [0.4, 0.5) is 0 Å². The summed E-state index contributed by atoms with van der Waals surface area (Å²) in [7, 11) is 0. The molecule has 0 saturated heterocycles. The predicted octanol–water partition coefficient (Wildman–Crippen LogP) is 14.4. The van der Waals surface area contributed by atoms with E-state index >= 15 is 0 Å². The van der Waals surface area contributed by atoms with E-state index < -0.39 is 0 Å². The third-order valence-corrected chi connectivity index (χ3v) is 9.08. The summed E-state index contributed by atoms with van der Waals surface area (Å²) in [6.45, 7) is 41.9. The fourth-order valence-corrected chi connectivity index (χ4v) is 6.97. The van der Waals surface area contributed by atoms with Crippen molar-refractivity contribution in [1.29, 1.82) is 0 Å². The Morgan fingerprint density at radius 2 is 0.750 bits per heavy atom. The van der Waals surface area contributed by atoms with Crippen molar-refractivity contribution in [2.75, 3.05) is 0 Å². The Hall–Kier alpha value is -1.56. The Balaban J connectivity index is 0.000000624. The van der Waals surface area contributed by atoms with Crippen LogP contribution in [-0.4, -0.2) is 0 Å². The van der Waals surface area contributed by atoms with Crippen LogP contribution < -0.4 is 0 Å². The van der Waals surface area contributed by atoms with Gasteiger partial charge < -0.3 is 0 Å². The van der Waals surface area contributed by atoms with Crippen LogP contribution >= 0.6 is 0 Å². The molecule has 0 heteroatoms. The molecule has 0 bridgehead atoms. The van der Waals surface area contributed by atoms with Crippen molar-refractivity contribution in [2.24, 2.45) is 28.1 Å². The highest BCUT2D eigenvalue weighted by Crippen LogP contribution is 2.49. The van der Waals surface area contributed by atoms with E-state index in [9.17, 15) is 0 Å². The monoisotopic (exact) mass is 607 g/mol. The minimum Gasteiger partial charge on any atom is -0.0776 e. The molecule has 0 unspecified atom stereocenters. The summed E-state index contributed by atoms with van der Waals surface area (Å²) in [6.07, 6.45) is 6.96. The Morgan fingerprint density at radius 3 is 1.02 bits per heavy atom. The van der Waals surface area contributed by atoms with Crippen LogP contribution in [0.5, 0.6) is 0 Å². The molecule has 2 aromatic rings. The van der Waals surface area contributed by atoms with Crippen molar-refractivity contribution in [3.05, 3.63) is 70.8 Å². The molecule has 44 heavy (non-hydrogen) atoms. The van der Waals surface area contributed by atoms with Crippen LogP contribution in [-0.2, 0) is 22.7 Å². The highest BCUT2D eigenvalue weighted by molar-refractivity contribution is 5.37. The van der Waals surface area contributed by atoms with Crippen molar-refractivity contribution < 1.29 is 0 Å². The predicted molar refractivity (Wildman–Crippen MR) is 203 cm³/mol. The number of rotatable bonds is 1. The van der Waals surface area contributed by atoms with E-state index in [2.05, 4.69) is 173 Å². The highest BCUT2D eigenvalue weighted by Gasteiger charge is 2.39. The largest absolute Gasteiger partial charge is 0.0776 e. The lowest BCUT2D eigenvalue weighted by molar-refractivity contribution is 0.0335. The summed E-state index contributed by atoms with van der Waals surface area (Å²) in [5.41, 5.74) is 8.01. The molecule has 0 amide bonds. The van der Waals surface area contributed by atoms with Gasteiger partial charge in [-0.3, -0.25) is 0 Å². The van der Waals surface area contributed by atoms with Crippen molar-refractivity contribution in [3.63, 3.8) is 0 Å². The molecular weight excluding hydrogens is 528 g/mol. The van der Waals surface area contributed by atoms with E-state index in [4.69, 9.17) is 0 Å². The van der Waals surface area contributed by atoms with E-state index in [1.807, 2.05) is 0 Å². The summed E-state index contributed by atoms with van der Waals surface area (Å²) in [6, 6.07) is 17.6. The Morgan fingerprint density at radius 1 is 0.455 bits per heavy atom. The first-order chi connectivity index (χ1) is 19.2. The van der Waals surface area contributed by atoms with Crippen LogP contribution in [0, 0.1) is 28.1 Å². The maximum absolute atomic E-state index is 2.42. The molecule has 2 aromatic carbocycles. The fraction of sp³-hybridized carbons (Fsp3) is 0.727. The molecule has 254 valence electrons. The van der Waals surface area contributed by atoms with Crippen LogP contribution in [0.1, 0.15) is 180 Å². The third-order valence-electron chi connectivity index (χ3n) is 9.08. The third kappa shape index (κ3) is 14.3. The second kappa shape index (κ2) is 15.8. The van der Waals surface area contributed by atoms with E-state index in [-0.39, 0.29) is 23.7 Å². The van der Waals surface area contributed by atoms with Gasteiger partial charge in [0, 0.05) is 0 Å². The van der Waals surface area contributed by atoms with Crippen LogP contribution in [0.15, 0.2) is 48.5 Å². The van der Waals surface area contributed by atoms with E-state index in [0.717, 1.165) is 18.3 Å². The fourth-order valence-electron chi connectivity index (χ4n) is 6.97. The van der Waals surface area contributed by atoms with Crippen molar-refractivity contribution >= 4 is 0 Å². The Labute approximate surface area is 278 Å². The molecule has 2 atom stereocenters. The Bertz CT molecular complexity index is 1030. The van der Waals surface area contributed by atoms with E-state index in [1.165, 1.54) is 47.9 Å². The van der Waals surface area contributed by atoms with E-state index in [0.29, 0.717) is 16.2 Å². The van der Waals surface area contributed by atoms with Gasteiger partial charge in [-0.05, 0) is 85.8 Å². The minimum atomic E-state index is 0. The maximum atomic E-state index is 2.42. The molecule has 0 N–H and O–H groups in total. The van der Waals surface area contributed by atoms with Gasteiger partial charge >= 0.3 is 0 Å². The van der Waals surface area contributed by atoms with Crippen molar-refractivity contribution in [2.45, 2.75) is 180 Å². The van der Waals surface area contributed by atoms with Crippen LogP contribution in [0.25, 0.3) is 0 Å². The maximum Gasteiger partial charge on any atom is -0.0129 e. The molecule has 0 aromatic heterocycles. The molecule has 0 heterocycles. The minimum absolute atomic E-state index is 0. The first kappa shape index (κ1) is 42.4. The van der Waals surface area contributed by atoms with Gasteiger partial charge in [-0.2, -0.15) is 0 Å². The lowest BCUT2D eigenvalue weighted by Gasteiger charge is -2.46. The van der Waals surface area contributed by atoms with Gasteiger partial charge in [0.1, 0.15) is 0 Å². The topological polar surface area (TPSA) is 0 Å². The molecule has 0 aliphatic heterocycles. The van der Waals surface area contributed by atoms with Gasteiger partial charge in [0.25, 0.3) is 0 Å². The smallest absolute Gasteiger partial charge is 0.0129 e. The van der Waals surface area contributed by atoms with Gasteiger partial charge in [0.15, 0.2) is 0 Å². The first-order valence-corrected chi connectivity index (χ1v) is 17.3. The van der Waals surface area contributed by atoms with E-state index in [1.54, 1.807) is 0 Å². The summed E-state index contributed by atoms with van der Waals surface area (Å²) in [4.78, 5) is 0. The molecule has 0 spiro atoms. The lowest BCUT2D eigenvalue weighted by atomic mass is 9.59. The van der Waals surface area contributed by atoms with Gasteiger partial charge in [0.2, 0.25) is 0 Å². The second-order valence-electron chi connectivity index (χ2n) is 19.9. The SMILES string of the molecule is C.CC(C)(C)Cc1ccccc1C(C)(C)C.CC(C)(C)[C@@H]1CCCC[C@@H]1C(C)(C)C.CC(C)(C)c1ccccc1C(C)(C)C. The van der Waals surface area contributed by atoms with Gasteiger partial charge in [-0.15, -0.1) is 0 Å². The molecule has 0 nitrogen and oxygen atoms in total. The highest BCUT2D eigenvalue weighted by atomic mass is 14.4. The van der Waals surface area contributed by atoms with Crippen molar-refractivity contribution in [1.82, 2.24) is 0 Å². The molecule has 1 fully saturated rings. The molecular formula is C44H78. The zero-order valence-corrected chi connectivity index (χ0v) is 32.3. The van der Waals surface area contributed by atoms with Crippen LogP contribution in [0.2, 0.25) is 0 Å². The first-order valence-electron chi connectivity index (χ1n) is 17.3.